The summed E-state index contributed by atoms with van der Waals surface area (Å²) in [6.45, 7) is 8.20. The number of fused-ring (bicyclic) bond motifs is 2. The molecular weight excluding hydrogens is 615 g/mol. The van der Waals surface area contributed by atoms with Crippen molar-refractivity contribution in [3.63, 3.8) is 0 Å². The van der Waals surface area contributed by atoms with Gasteiger partial charge >= 0.3 is 18.3 Å². The van der Waals surface area contributed by atoms with Crippen molar-refractivity contribution in [3.05, 3.63) is 35.9 Å². The zero-order chi connectivity index (χ0) is 34.0. The molecule has 0 bridgehead atoms. The normalized spacial score (nSPS) is 17.6. The molecule has 3 heterocycles. The van der Waals surface area contributed by atoms with Crippen LogP contribution in [0.4, 0.5) is 36.0 Å². The van der Waals surface area contributed by atoms with Gasteiger partial charge in [-0.1, -0.05) is 6.42 Å². The molecular formula is C32H37FN6O8. The maximum Gasteiger partial charge on any atom is 0.413 e. The summed E-state index contributed by atoms with van der Waals surface area (Å²) in [5.41, 5.74) is -0.303. The monoisotopic (exact) mass is 652 g/mol. The molecule has 4 N–H and O–H groups in total. The Bertz CT molecular complexity index is 1740. The first-order chi connectivity index (χ1) is 22.2. The van der Waals surface area contributed by atoms with E-state index in [1.807, 2.05) is 0 Å². The van der Waals surface area contributed by atoms with Gasteiger partial charge in [0.15, 0.2) is 5.82 Å². The van der Waals surface area contributed by atoms with E-state index < -0.39 is 35.8 Å². The third kappa shape index (κ3) is 7.45. The highest BCUT2D eigenvalue weighted by Crippen LogP contribution is 2.42. The molecule has 15 heteroatoms. The van der Waals surface area contributed by atoms with Crippen LogP contribution < -0.4 is 25.6 Å². The average Bonchev–Trinajstić information content (AvgIpc) is 2.98. The number of rotatable bonds is 5. The Morgan fingerprint density at radius 2 is 1.79 bits per heavy atom. The summed E-state index contributed by atoms with van der Waals surface area (Å²) < 4.78 is 33.0. The molecule has 1 aliphatic carbocycles. The number of nitrogens with one attached hydrogen (secondary N) is 3. The van der Waals surface area contributed by atoms with E-state index in [1.54, 1.807) is 27.7 Å². The van der Waals surface area contributed by atoms with Crippen LogP contribution in [0.3, 0.4) is 0 Å². The first-order valence-electron chi connectivity index (χ1n) is 15.2. The second-order valence-electron chi connectivity index (χ2n) is 12.4. The van der Waals surface area contributed by atoms with Crippen molar-refractivity contribution in [2.75, 3.05) is 28.7 Å². The molecule has 5 rings (SSSR count). The van der Waals surface area contributed by atoms with Crippen molar-refractivity contribution in [1.82, 2.24) is 15.3 Å². The van der Waals surface area contributed by atoms with Crippen LogP contribution in [-0.4, -0.2) is 70.2 Å². The predicted octanol–water partition coefficient (Wildman–Crippen LogP) is 5.96. The second kappa shape index (κ2) is 13.3. The standard InChI is InChI=1S/C32H37FN6O8/c1-16-20(14-35-28-27(16)39(31(43)44)10-11-45-28)19-12-18-13-24(37-29(41)46-23-9-7-6-8-22(23)36-17(2)40)34-15-21(18)26(25(19)33)38-30(42)47-32(3,4)5/h12-15,22-23H,6-11H2,1-5H3,(H,36,40)(H,38,42)(H,43,44)(H,34,37,41)/t22-,23-/m1/s1. The summed E-state index contributed by atoms with van der Waals surface area (Å²) in [6, 6.07) is 2.67. The van der Waals surface area contributed by atoms with Gasteiger partial charge in [-0.3, -0.25) is 20.3 Å². The lowest BCUT2D eigenvalue weighted by Crippen LogP contribution is -2.46. The zero-order valence-electron chi connectivity index (χ0n) is 26.7. The van der Waals surface area contributed by atoms with Crippen LogP contribution in [0.15, 0.2) is 24.5 Å². The number of amides is 4. The first kappa shape index (κ1) is 33.2. The van der Waals surface area contributed by atoms with Crippen LogP contribution in [0, 0.1) is 12.7 Å². The number of carbonyl (C=O) groups excluding carboxylic acids is 3. The summed E-state index contributed by atoms with van der Waals surface area (Å²) in [4.78, 5) is 59.0. The number of nitrogens with zero attached hydrogens (tertiary/aromatic N) is 3. The van der Waals surface area contributed by atoms with Gasteiger partial charge in [0.25, 0.3) is 0 Å². The molecule has 4 amide bonds. The molecule has 1 fully saturated rings. The number of hydrogen-bond donors (Lipinski definition) is 4. The van der Waals surface area contributed by atoms with Gasteiger partial charge in [-0.25, -0.2) is 28.7 Å². The van der Waals surface area contributed by atoms with Gasteiger partial charge in [-0.2, -0.15) is 0 Å². The van der Waals surface area contributed by atoms with Crippen LogP contribution in [0.25, 0.3) is 21.9 Å². The van der Waals surface area contributed by atoms with E-state index >= 15 is 4.39 Å². The number of hydrogen-bond acceptors (Lipinski definition) is 9. The molecule has 1 aliphatic heterocycles. The van der Waals surface area contributed by atoms with Crippen molar-refractivity contribution in [3.8, 4) is 17.0 Å². The molecule has 0 saturated heterocycles. The summed E-state index contributed by atoms with van der Waals surface area (Å²) in [7, 11) is 0. The number of anilines is 3. The largest absolute Gasteiger partial charge is 0.474 e. The molecule has 1 saturated carbocycles. The fraction of sp³-hybridized carbons (Fsp3) is 0.438. The highest BCUT2D eigenvalue weighted by molar-refractivity contribution is 6.04. The summed E-state index contributed by atoms with van der Waals surface area (Å²) >= 11 is 0. The van der Waals surface area contributed by atoms with Gasteiger partial charge < -0.3 is 24.6 Å². The summed E-state index contributed by atoms with van der Waals surface area (Å²) in [5.74, 6) is -0.870. The van der Waals surface area contributed by atoms with Gasteiger partial charge in [0.1, 0.15) is 29.8 Å². The van der Waals surface area contributed by atoms with E-state index in [0.717, 1.165) is 17.7 Å². The maximum atomic E-state index is 16.4. The lowest BCUT2D eigenvalue weighted by Gasteiger charge is -2.31. The molecule has 2 aliphatic rings. The lowest BCUT2D eigenvalue weighted by molar-refractivity contribution is -0.120. The van der Waals surface area contributed by atoms with Gasteiger partial charge in [-0.05, 0) is 70.0 Å². The Morgan fingerprint density at radius 1 is 1.04 bits per heavy atom. The maximum absolute atomic E-state index is 16.4. The Kier molecular flexibility index (Phi) is 9.36. The minimum Gasteiger partial charge on any atom is -0.474 e. The van der Waals surface area contributed by atoms with E-state index in [-0.39, 0.29) is 64.7 Å². The molecule has 14 nitrogen and oxygen atoms in total. The minimum atomic E-state index is -1.21. The van der Waals surface area contributed by atoms with E-state index in [2.05, 4.69) is 25.9 Å². The Labute approximate surface area is 270 Å². The summed E-state index contributed by atoms with van der Waals surface area (Å²) in [6.07, 6.45) is 2.25. The SMILES string of the molecule is CC(=O)N[C@@H]1CCCC[C@H]1OC(=O)Nc1cc2cc(-c3cnc4c(c3C)N(C(=O)O)CCO4)c(F)c(NC(=O)OC(C)(C)C)c2cn1. The van der Waals surface area contributed by atoms with Gasteiger partial charge in [0, 0.05) is 35.8 Å². The number of aromatic nitrogens is 2. The van der Waals surface area contributed by atoms with Crippen molar-refractivity contribution in [2.45, 2.75) is 78.0 Å². The molecule has 1 aromatic carbocycles. The van der Waals surface area contributed by atoms with Crippen molar-refractivity contribution in [2.24, 2.45) is 0 Å². The number of halogens is 1. The Hall–Kier alpha value is -5.21. The number of carboxylic acid groups (broad SMARTS) is 1. The van der Waals surface area contributed by atoms with Crippen LogP contribution in [0.2, 0.25) is 0 Å². The molecule has 47 heavy (non-hydrogen) atoms. The molecule has 3 aromatic rings. The van der Waals surface area contributed by atoms with Gasteiger partial charge in [-0.15, -0.1) is 0 Å². The number of benzene rings is 1. The van der Waals surface area contributed by atoms with Crippen molar-refractivity contribution >= 4 is 52.2 Å². The fourth-order valence-corrected chi connectivity index (χ4v) is 5.80. The van der Waals surface area contributed by atoms with Gasteiger partial charge in [0.2, 0.25) is 11.8 Å². The smallest absolute Gasteiger partial charge is 0.413 e. The first-order valence-corrected chi connectivity index (χ1v) is 15.2. The lowest BCUT2D eigenvalue weighted by atomic mass is 9.92. The molecule has 250 valence electrons. The topological polar surface area (TPSA) is 181 Å². The third-order valence-corrected chi connectivity index (χ3v) is 7.78. The van der Waals surface area contributed by atoms with Crippen LogP contribution in [0.1, 0.15) is 58.9 Å². The molecule has 2 aromatic heterocycles. The fourth-order valence-electron chi connectivity index (χ4n) is 5.80. The van der Waals surface area contributed by atoms with E-state index in [1.165, 1.54) is 31.5 Å². The number of ether oxygens (including phenoxy) is 3. The van der Waals surface area contributed by atoms with Crippen LogP contribution in [0.5, 0.6) is 5.88 Å². The average molecular weight is 653 g/mol. The highest BCUT2D eigenvalue weighted by Gasteiger charge is 2.31. The Morgan fingerprint density at radius 3 is 2.49 bits per heavy atom. The van der Waals surface area contributed by atoms with Crippen molar-refractivity contribution < 1.29 is 42.9 Å². The molecule has 0 spiro atoms. The predicted molar refractivity (Wildman–Crippen MR) is 170 cm³/mol. The quantitative estimate of drug-likeness (QED) is 0.257. The molecule has 0 radical (unpaired) electrons. The van der Waals surface area contributed by atoms with Crippen LogP contribution >= 0.6 is 0 Å². The van der Waals surface area contributed by atoms with Gasteiger partial charge in [0.05, 0.1) is 18.3 Å². The van der Waals surface area contributed by atoms with E-state index in [9.17, 15) is 24.3 Å². The minimum absolute atomic E-state index is 0.00708. The third-order valence-electron chi connectivity index (χ3n) is 7.78. The van der Waals surface area contributed by atoms with E-state index in [0.29, 0.717) is 23.8 Å². The summed E-state index contributed by atoms with van der Waals surface area (Å²) in [5, 5.41) is 18.3. The Balaban J connectivity index is 1.54. The second-order valence-corrected chi connectivity index (χ2v) is 12.4. The number of carbonyl (C=O) groups is 4. The van der Waals surface area contributed by atoms with E-state index in [4.69, 9.17) is 14.2 Å². The highest BCUT2D eigenvalue weighted by atomic mass is 19.1. The molecule has 2 atom stereocenters. The molecule has 0 unspecified atom stereocenters. The number of pyridine rings is 2. The van der Waals surface area contributed by atoms with Crippen molar-refractivity contribution in [1.29, 1.82) is 0 Å². The zero-order valence-corrected chi connectivity index (χ0v) is 26.7. The van der Waals surface area contributed by atoms with Crippen LogP contribution in [-0.2, 0) is 14.3 Å².